The molecule has 0 unspecified atom stereocenters. The smallest absolute Gasteiger partial charge is 0.159 e. The second-order valence-electron chi connectivity index (χ2n) is 6.68. The number of hydrogen-bond acceptors (Lipinski definition) is 4. The summed E-state index contributed by atoms with van der Waals surface area (Å²) in [6, 6.07) is 20.0. The van der Waals surface area contributed by atoms with Gasteiger partial charge in [-0.05, 0) is 42.5 Å². The molecular formula is C25H19FN4O. The molecule has 2 aromatic heterocycles. The fraction of sp³-hybridized carbons (Fsp3) is 0.0800. The average molecular weight is 410 g/mol. The fourth-order valence-corrected chi connectivity index (χ4v) is 2.87. The van der Waals surface area contributed by atoms with Gasteiger partial charge in [0.05, 0.1) is 18.6 Å². The van der Waals surface area contributed by atoms with Gasteiger partial charge in [-0.25, -0.2) is 9.37 Å². The van der Waals surface area contributed by atoms with Gasteiger partial charge in [0, 0.05) is 35.3 Å². The highest BCUT2D eigenvalue weighted by molar-refractivity contribution is 6.00. The van der Waals surface area contributed by atoms with E-state index < -0.39 is 5.82 Å². The third-order valence-corrected chi connectivity index (χ3v) is 4.41. The summed E-state index contributed by atoms with van der Waals surface area (Å²) in [5.74, 6) is 5.61. The van der Waals surface area contributed by atoms with Crippen molar-refractivity contribution in [3.05, 3.63) is 120 Å². The third kappa shape index (κ3) is 5.64. The van der Waals surface area contributed by atoms with E-state index in [1.807, 2.05) is 48.5 Å². The molecule has 0 fully saturated rings. The molecule has 0 saturated carbocycles. The zero-order valence-corrected chi connectivity index (χ0v) is 16.6. The van der Waals surface area contributed by atoms with Crippen LogP contribution in [-0.4, -0.2) is 20.2 Å². The van der Waals surface area contributed by atoms with Crippen LogP contribution >= 0.6 is 0 Å². The van der Waals surface area contributed by atoms with Gasteiger partial charge in [0.1, 0.15) is 11.5 Å². The molecule has 6 heteroatoms. The van der Waals surface area contributed by atoms with E-state index in [0.29, 0.717) is 23.4 Å². The highest BCUT2D eigenvalue weighted by Crippen LogP contribution is 2.14. The van der Waals surface area contributed by atoms with Crippen LogP contribution in [0.3, 0.4) is 0 Å². The van der Waals surface area contributed by atoms with E-state index in [2.05, 4.69) is 27.0 Å². The summed E-state index contributed by atoms with van der Waals surface area (Å²) in [5.41, 5.74) is 2.98. The normalized spacial score (nSPS) is 10.9. The molecule has 2 heterocycles. The number of halogens is 1. The van der Waals surface area contributed by atoms with Crippen molar-refractivity contribution >= 4 is 5.71 Å². The Labute approximate surface area is 179 Å². The van der Waals surface area contributed by atoms with E-state index in [1.54, 1.807) is 41.6 Å². The zero-order chi connectivity index (χ0) is 21.3. The first kappa shape index (κ1) is 20.0. The Balaban J connectivity index is 1.56. The first-order chi connectivity index (χ1) is 15.3. The summed E-state index contributed by atoms with van der Waals surface area (Å²) in [7, 11) is 0. The number of oxime groups is 1. The molecule has 0 aliphatic rings. The Morgan fingerprint density at radius 3 is 2.55 bits per heavy atom. The molecule has 4 rings (SSSR count). The third-order valence-electron chi connectivity index (χ3n) is 4.41. The molecule has 152 valence electrons. The quantitative estimate of drug-likeness (QED) is 0.268. The highest BCUT2D eigenvalue weighted by atomic mass is 19.1. The monoisotopic (exact) mass is 410 g/mol. The molecule has 0 aliphatic heterocycles. The second kappa shape index (κ2) is 9.99. The number of pyridine rings is 1. The van der Waals surface area contributed by atoms with Crippen molar-refractivity contribution in [2.75, 3.05) is 0 Å². The number of aromatic nitrogens is 3. The van der Waals surface area contributed by atoms with E-state index in [0.717, 1.165) is 11.3 Å². The topological polar surface area (TPSA) is 52.3 Å². The lowest BCUT2D eigenvalue weighted by Crippen LogP contribution is -2.13. The predicted octanol–water partition coefficient (Wildman–Crippen LogP) is 4.44. The Morgan fingerprint density at radius 2 is 1.81 bits per heavy atom. The first-order valence-corrected chi connectivity index (χ1v) is 9.69. The van der Waals surface area contributed by atoms with Gasteiger partial charge in [-0.2, -0.15) is 0 Å². The number of hydrogen-bond donors (Lipinski definition) is 0. The van der Waals surface area contributed by atoms with Crippen LogP contribution in [-0.2, 0) is 18.0 Å². The Morgan fingerprint density at radius 1 is 0.968 bits per heavy atom. The summed E-state index contributed by atoms with van der Waals surface area (Å²) in [5, 5.41) is 4.20. The molecular weight excluding hydrogens is 391 g/mol. The van der Waals surface area contributed by atoms with Crippen LogP contribution in [0.15, 0.2) is 96.8 Å². The number of nitrogens with zero attached hydrogens (tertiary/aromatic N) is 4. The van der Waals surface area contributed by atoms with Crippen LogP contribution in [0.2, 0.25) is 0 Å². The molecule has 0 bridgehead atoms. The van der Waals surface area contributed by atoms with Gasteiger partial charge < -0.3 is 9.40 Å². The maximum absolute atomic E-state index is 15.0. The lowest BCUT2D eigenvalue weighted by molar-refractivity contribution is 0.127. The molecule has 31 heavy (non-hydrogen) atoms. The summed E-state index contributed by atoms with van der Waals surface area (Å²) in [4.78, 5) is 13.7. The van der Waals surface area contributed by atoms with Crippen molar-refractivity contribution in [1.82, 2.24) is 14.5 Å². The minimum absolute atomic E-state index is 0.191. The van der Waals surface area contributed by atoms with Crippen molar-refractivity contribution in [2.45, 2.75) is 13.2 Å². The van der Waals surface area contributed by atoms with Gasteiger partial charge in [-0.15, -0.1) is 0 Å². The van der Waals surface area contributed by atoms with Crippen molar-refractivity contribution in [1.29, 1.82) is 0 Å². The van der Waals surface area contributed by atoms with Gasteiger partial charge >= 0.3 is 0 Å². The predicted molar refractivity (Wildman–Crippen MR) is 117 cm³/mol. The largest absolute Gasteiger partial charge is 0.389 e. The highest BCUT2D eigenvalue weighted by Gasteiger charge is 2.12. The van der Waals surface area contributed by atoms with E-state index in [9.17, 15) is 4.39 Å². The van der Waals surface area contributed by atoms with Gasteiger partial charge in [-0.3, -0.25) is 4.98 Å². The molecule has 0 atom stereocenters. The van der Waals surface area contributed by atoms with Crippen molar-refractivity contribution in [3.8, 4) is 11.8 Å². The van der Waals surface area contributed by atoms with Gasteiger partial charge in [0.25, 0.3) is 0 Å². The van der Waals surface area contributed by atoms with Crippen LogP contribution < -0.4 is 0 Å². The van der Waals surface area contributed by atoms with Crippen LogP contribution in [0.25, 0.3) is 0 Å². The number of imidazole rings is 1. The molecule has 0 N–H and O–H groups in total. The van der Waals surface area contributed by atoms with E-state index in [1.165, 1.54) is 6.07 Å². The van der Waals surface area contributed by atoms with Gasteiger partial charge in [-0.1, -0.05) is 41.3 Å². The van der Waals surface area contributed by atoms with Crippen molar-refractivity contribution in [2.24, 2.45) is 5.16 Å². The van der Waals surface area contributed by atoms with Crippen molar-refractivity contribution < 1.29 is 9.23 Å². The molecule has 5 nitrogen and oxygen atoms in total. The summed E-state index contributed by atoms with van der Waals surface area (Å²) >= 11 is 0. The zero-order valence-electron chi connectivity index (χ0n) is 16.6. The summed E-state index contributed by atoms with van der Waals surface area (Å²) < 4.78 is 16.8. The number of benzene rings is 2. The summed E-state index contributed by atoms with van der Waals surface area (Å²) in [6.45, 7) is 0.505. The second-order valence-corrected chi connectivity index (χ2v) is 6.68. The Kier molecular flexibility index (Phi) is 6.46. The van der Waals surface area contributed by atoms with E-state index in [4.69, 9.17) is 4.84 Å². The average Bonchev–Trinajstić information content (AvgIpc) is 3.32. The molecule has 0 spiro atoms. The van der Waals surface area contributed by atoms with Crippen LogP contribution in [0.1, 0.15) is 22.4 Å². The minimum Gasteiger partial charge on any atom is -0.389 e. The minimum atomic E-state index is -0.417. The number of rotatable bonds is 6. The standard InChI is InChI=1S/C25H19FN4O/c26-24-16-21(10-9-20-6-2-1-3-7-20)11-12-23(24)25(17-30-15-14-27-19-30)29-31-18-22-8-4-5-13-28-22/h1-8,11-16,19H,17-18H2. The van der Waals surface area contributed by atoms with Gasteiger partial charge in [0.2, 0.25) is 0 Å². The fourth-order valence-electron chi connectivity index (χ4n) is 2.87. The van der Waals surface area contributed by atoms with Crippen LogP contribution in [0.4, 0.5) is 4.39 Å². The summed E-state index contributed by atoms with van der Waals surface area (Å²) in [6.07, 6.45) is 6.77. The molecule has 2 aromatic carbocycles. The van der Waals surface area contributed by atoms with Crippen LogP contribution in [0, 0.1) is 17.7 Å². The van der Waals surface area contributed by atoms with E-state index in [-0.39, 0.29) is 6.61 Å². The molecule has 4 aromatic rings. The SMILES string of the molecule is Fc1cc(C#Cc2ccccc2)ccc1C(Cn1ccnc1)=NOCc1ccccn1. The van der Waals surface area contributed by atoms with Gasteiger partial charge in [0.15, 0.2) is 6.61 Å². The molecule has 0 saturated heterocycles. The molecule has 0 aliphatic carbocycles. The lowest BCUT2D eigenvalue weighted by atomic mass is 10.1. The Bertz CT molecular complexity index is 1210. The molecule has 0 amide bonds. The Hall–Kier alpha value is -4.24. The maximum Gasteiger partial charge on any atom is 0.159 e. The first-order valence-electron chi connectivity index (χ1n) is 9.69. The lowest BCUT2D eigenvalue weighted by Gasteiger charge is -2.09. The maximum atomic E-state index is 15.0. The molecule has 0 radical (unpaired) electrons. The van der Waals surface area contributed by atoms with Crippen molar-refractivity contribution in [3.63, 3.8) is 0 Å². The van der Waals surface area contributed by atoms with Crippen LogP contribution in [0.5, 0.6) is 0 Å². The van der Waals surface area contributed by atoms with E-state index >= 15 is 0 Å².